The first-order chi connectivity index (χ1) is 8.61. The minimum absolute atomic E-state index is 0.255. The molecule has 1 heterocycles. The van der Waals surface area contributed by atoms with E-state index in [1.165, 1.54) is 0 Å². The average Bonchev–Trinajstić information content (AvgIpc) is 2.38. The summed E-state index contributed by atoms with van der Waals surface area (Å²) >= 11 is 5.06. The van der Waals surface area contributed by atoms with Crippen molar-refractivity contribution in [1.29, 1.82) is 0 Å². The fourth-order valence-corrected chi connectivity index (χ4v) is 2.62. The third kappa shape index (κ3) is 2.46. The number of anilines is 1. The molecule has 1 aromatic rings. The number of piperidine rings is 1. The van der Waals surface area contributed by atoms with Crippen molar-refractivity contribution in [3.05, 3.63) is 29.8 Å². The molecule has 0 spiro atoms. The number of hydrogen-bond donors (Lipinski definition) is 2. The van der Waals surface area contributed by atoms with Crippen LogP contribution < -0.4 is 16.4 Å². The number of nitrogens with zero attached hydrogens (tertiary/aromatic N) is 1. The summed E-state index contributed by atoms with van der Waals surface area (Å²) in [6, 6.07) is 7.37. The van der Waals surface area contributed by atoms with E-state index in [2.05, 4.69) is 0 Å². The first-order valence-electron chi connectivity index (χ1n) is 6.06. The number of hydrogen-bond acceptors (Lipinski definition) is 3. The lowest BCUT2D eigenvalue weighted by molar-refractivity contribution is -0.119. The molecule has 0 saturated carbocycles. The summed E-state index contributed by atoms with van der Waals surface area (Å²) in [5.41, 5.74) is 12.9. The van der Waals surface area contributed by atoms with E-state index in [0.29, 0.717) is 4.99 Å². The van der Waals surface area contributed by atoms with Crippen LogP contribution in [0.15, 0.2) is 24.3 Å². The van der Waals surface area contributed by atoms with Gasteiger partial charge in [-0.25, -0.2) is 0 Å². The zero-order chi connectivity index (χ0) is 13.1. The normalized spacial score (nSPS) is 19.6. The molecule has 5 heteroatoms. The maximum Gasteiger partial charge on any atom is 0.240 e. The molecular formula is C13H17N3OS. The standard InChI is InChI=1S/C13H17N3OS/c14-12(17)11-7-3-4-8-16(11)10-6-2-1-5-9(10)13(15)18/h1-2,5-6,11H,3-4,7-8H2,(H2,14,17)(H2,15,18). The van der Waals surface area contributed by atoms with Crippen LogP contribution >= 0.6 is 12.2 Å². The molecule has 0 bridgehead atoms. The molecule has 18 heavy (non-hydrogen) atoms. The largest absolute Gasteiger partial charge is 0.389 e. The summed E-state index contributed by atoms with van der Waals surface area (Å²) in [7, 11) is 0. The van der Waals surface area contributed by atoms with Gasteiger partial charge in [-0.2, -0.15) is 0 Å². The van der Waals surface area contributed by atoms with Crippen LogP contribution in [0.2, 0.25) is 0 Å². The smallest absolute Gasteiger partial charge is 0.240 e. The number of carbonyl (C=O) groups is 1. The van der Waals surface area contributed by atoms with Crippen molar-refractivity contribution in [3.8, 4) is 0 Å². The van der Waals surface area contributed by atoms with Crippen molar-refractivity contribution in [2.75, 3.05) is 11.4 Å². The summed E-state index contributed by atoms with van der Waals surface area (Å²) in [5, 5.41) is 0. The molecule has 0 aromatic heterocycles. The molecule has 0 aliphatic carbocycles. The first kappa shape index (κ1) is 12.8. The molecule has 1 saturated heterocycles. The van der Waals surface area contributed by atoms with Gasteiger partial charge in [0, 0.05) is 17.8 Å². The SMILES string of the molecule is NC(=O)C1CCCCN1c1ccccc1C(N)=S. The molecule has 1 atom stereocenters. The molecule has 0 radical (unpaired) electrons. The highest BCUT2D eigenvalue weighted by Crippen LogP contribution is 2.27. The van der Waals surface area contributed by atoms with Crippen molar-refractivity contribution in [1.82, 2.24) is 0 Å². The van der Waals surface area contributed by atoms with Gasteiger partial charge in [0.2, 0.25) is 5.91 Å². The van der Waals surface area contributed by atoms with Crippen LogP contribution in [0.1, 0.15) is 24.8 Å². The van der Waals surface area contributed by atoms with Crippen molar-refractivity contribution < 1.29 is 4.79 Å². The monoisotopic (exact) mass is 263 g/mol. The van der Waals surface area contributed by atoms with Gasteiger partial charge in [0.1, 0.15) is 11.0 Å². The Kier molecular flexibility index (Phi) is 3.81. The molecule has 1 fully saturated rings. The van der Waals surface area contributed by atoms with Crippen LogP contribution in [0.4, 0.5) is 5.69 Å². The quantitative estimate of drug-likeness (QED) is 0.803. The summed E-state index contributed by atoms with van der Waals surface area (Å²) in [6.07, 6.45) is 2.87. The molecule has 4 N–H and O–H groups in total. The third-order valence-electron chi connectivity index (χ3n) is 3.31. The lowest BCUT2D eigenvalue weighted by Gasteiger charge is -2.36. The van der Waals surface area contributed by atoms with Crippen molar-refractivity contribution in [3.63, 3.8) is 0 Å². The van der Waals surface area contributed by atoms with Crippen LogP contribution in [-0.4, -0.2) is 23.5 Å². The minimum atomic E-state index is -0.285. The van der Waals surface area contributed by atoms with Crippen molar-refractivity contribution in [2.24, 2.45) is 11.5 Å². The van der Waals surface area contributed by atoms with Gasteiger partial charge in [-0.05, 0) is 31.4 Å². The molecule has 1 unspecified atom stereocenters. The van der Waals surface area contributed by atoms with Gasteiger partial charge >= 0.3 is 0 Å². The van der Waals surface area contributed by atoms with E-state index in [0.717, 1.165) is 37.1 Å². The van der Waals surface area contributed by atoms with Crippen LogP contribution in [0.3, 0.4) is 0 Å². The average molecular weight is 263 g/mol. The van der Waals surface area contributed by atoms with Gasteiger partial charge in [-0.15, -0.1) is 0 Å². The summed E-state index contributed by atoms with van der Waals surface area (Å²) in [4.78, 5) is 13.9. The van der Waals surface area contributed by atoms with Gasteiger partial charge in [0.05, 0.1) is 0 Å². The van der Waals surface area contributed by atoms with E-state index < -0.39 is 0 Å². The zero-order valence-corrected chi connectivity index (χ0v) is 11.0. The van der Waals surface area contributed by atoms with Crippen LogP contribution in [0, 0.1) is 0 Å². The molecule has 1 aliphatic rings. The maximum absolute atomic E-state index is 11.5. The van der Waals surface area contributed by atoms with E-state index in [1.54, 1.807) is 0 Å². The summed E-state index contributed by atoms with van der Waals surface area (Å²) in [6.45, 7) is 0.813. The highest BCUT2D eigenvalue weighted by atomic mass is 32.1. The number of nitrogens with two attached hydrogens (primary N) is 2. The molecule has 1 aliphatic heterocycles. The van der Waals surface area contributed by atoms with E-state index in [-0.39, 0.29) is 11.9 Å². The predicted molar refractivity (Wildman–Crippen MR) is 76.5 cm³/mol. The highest BCUT2D eigenvalue weighted by Gasteiger charge is 2.28. The van der Waals surface area contributed by atoms with Crippen LogP contribution in [0.25, 0.3) is 0 Å². The Morgan fingerprint density at radius 2 is 2.00 bits per heavy atom. The van der Waals surface area contributed by atoms with Gasteiger partial charge in [-0.3, -0.25) is 4.79 Å². The molecule has 2 rings (SSSR count). The van der Waals surface area contributed by atoms with Gasteiger partial charge in [0.15, 0.2) is 0 Å². The van der Waals surface area contributed by atoms with Gasteiger partial charge < -0.3 is 16.4 Å². The second kappa shape index (κ2) is 5.35. The Balaban J connectivity index is 2.39. The third-order valence-corrected chi connectivity index (χ3v) is 3.53. The Morgan fingerprint density at radius 1 is 1.28 bits per heavy atom. The van der Waals surface area contributed by atoms with Gasteiger partial charge in [-0.1, -0.05) is 24.4 Å². The van der Waals surface area contributed by atoms with Crippen molar-refractivity contribution >= 4 is 28.8 Å². The fourth-order valence-electron chi connectivity index (χ4n) is 2.45. The second-order valence-electron chi connectivity index (χ2n) is 4.49. The molecule has 1 aromatic carbocycles. The number of primary amides is 1. The highest BCUT2D eigenvalue weighted by molar-refractivity contribution is 7.80. The lowest BCUT2D eigenvalue weighted by Crippen LogP contribution is -2.48. The van der Waals surface area contributed by atoms with E-state index >= 15 is 0 Å². The molecule has 1 amide bonds. The lowest BCUT2D eigenvalue weighted by atomic mass is 9.99. The van der Waals surface area contributed by atoms with E-state index in [1.807, 2.05) is 29.2 Å². The van der Waals surface area contributed by atoms with Crippen LogP contribution in [-0.2, 0) is 4.79 Å². The van der Waals surface area contributed by atoms with Crippen LogP contribution in [0.5, 0.6) is 0 Å². The second-order valence-corrected chi connectivity index (χ2v) is 4.93. The molecular weight excluding hydrogens is 246 g/mol. The van der Waals surface area contributed by atoms with Crippen molar-refractivity contribution in [2.45, 2.75) is 25.3 Å². The number of carbonyl (C=O) groups excluding carboxylic acids is 1. The maximum atomic E-state index is 11.5. The number of para-hydroxylation sites is 1. The number of amides is 1. The Hall–Kier alpha value is -1.62. The first-order valence-corrected chi connectivity index (χ1v) is 6.47. The Morgan fingerprint density at radius 3 is 2.67 bits per heavy atom. The van der Waals surface area contributed by atoms with E-state index in [4.69, 9.17) is 23.7 Å². The molecule has 96 valence electrons. The molecule has 4 nitrogen and oxygen atoms in total. The zero-order valence-electron chi connectivity index (χ0n) is 10.1. The fraction of sp³-hybridized carbons (Fsp3) is 0.385. The van der Waals surface area contributed by atoms with E-state index in [9.17, 15) is 4.79 Å². The number of thiocarbonyl (C=S) groups is 1. The topological polar surface area (TPSA) is 72.4 Å². The number of rotatable bonds is 3. The summed E-state index contributed by atoms with van der Waals surface area (Å²) < 4.78 is 0. The summed E-state index contributed by atoms with van der Waals surface area (Å²) in [5.74, 6) is -0.285. The number of benzene rings is 1. The minimum Gasteiger partial charge on any atom is -0.389 e. The predicted octanol–water partition coefficient (Wildman–Crippen LogP) is 1.16. The van der Waals surface area contributed by atoms with Gasteiger partial charge in [0.25, 0.3) is 0 Å². The Labute approximate surface area is 112 Å². The Bertz CT molecular complexity index is 475.